The summed E-state index contributed by atoms with van der Waals surface area (Å²) in [6, 6.07) is 47.2. The van der Waals surface area contributed by atoms with Crippen molar-refractivity contribution in [3.63, 3.8) is 0 Å². The number of aryl methyl sites for hydroxylation is 10. The van der Waals surface area contributed by atoms with Gasteiger partial charge in [0, 0.05) is 202 Å². The first-order chi connectivity index (χ1) is 65.6. The lowest BCUT2D eigenvalue weighted by Gasteiger charge is -2.20. The van der Waals surface area contributed by atoms with Crippen molar-refractivity contribution in [1.82, 2.24) is 48.6 Å². The van der Waals surface area contributed by atoms with Crippen LogP contribution in [0.3, 0.4) is 0 Å². The van der Waals surface area contributed by atoms with Crippen molar-refractivity contribution < 1.29 is 34.2 Å². The highest BCUT2D eigenvalue weighted by atomic mass is 16.3. The van der Waals surface area contributed by atoms with Crippen LogP contribution in [0.1, 0.15) is 252 Å². The summed E-state index contributed by atoms with van der Waals surface area (Å²) in [5.41, 5.74) is 35.8. The van der Waals surface area contributed by atoms with Crippen LogP contribution in [-0.4, -0.2) is 151 Å². The number of nitrogens with zero attached hydrogens (tertiary/aromatic N) is 7. The van der Waals surface area contributed by atoms with E-state index in [0.29, 0.717) is 47.6 Å². The van der Waals surface area contributed by atoms with Crippen molar-refractivity contribution >= 4 is 166 Å². The van der Waals surface area contributed by atoms with Gasteiger partial charge in [-0.2, -0.15) is 0 Å². The Kier molecular flexibility index (Phi) is 27.2. The number of ketones is 5. The maximum atomic E-state index is 12.4. The molecule has 1 fully saturated rings. The number of phenolic OH excluding ortho intramolecular Hbond substituents is 2. The third-order valence-electron chi connectivity index (χ3n) is 30.3. The molecule has 7 aliphatic rings. The van der Waals surface area contributed by atoms with E-state index in [2.05, 4.69) is 213 Å². The van der Waals surface area contributed by atoms with Crippen LogP contribution < -0.4 is 16.0 Å². The molecule has 1 unspecified atom stereocenters. The molecule has 0 radical (unpaired) electrons. The summed E-state index contributed by atoms with van der Waals surface area (Å²) < 4.78 is 11.9. The summed E-state index contributed by atoms with van der Waals surface area (Å²) >= 11 is 0. The molecular weight excluding hydrogens is 1680 g/mol. The minimum Gasteiger partial charge on any atom is -0.507 e. The van der Waals surface area contributed by atoms with Crippen LogP contribution in [0.2, 0.25) is 0 Å². The number of aromatic hydroxyl groups is 2. The Morgan fingerprint density at radius 3 is 1.20 bits per heavy atom. The fourth-order valence-electron chi connectivity index (χ4n) is 23.4. The fraction of sp³-hybridized carbons (Fsp3) is 0.370. The van der Waals surface area contributed by atoms with Crippen molar-refractivity contribution in [3.8, 4) is 11.5 Å². The average Bonchev–Trinajstić information content (AvgIpc) is 1.35. The van der Waals surface area contributed by atoms with Crippen LogP contribution in [-0.2, 0) is 71.2 Å². The lowest BCUT2D eigenvalue weighted by atomic mass is 9.97. The Labute approximate surface area is 799 Å². The van der Waals surface area contributed by atoms with Crippen molar-refractivity contribution in [1.29, 1.82) is 0 Å². The van der Waals surface area contributed by atoms with Crippen LogP contribution in [0.25, 0.3) is 137 Å². The molecule has 5 N–H and O–H groups in total. The number of carbonyl (C=O) groups excluding carboxylic acids is 5. The molecule has 702 valence electrons. The molecule has 1 atom stereocenters. The number of Topliss-reactive ketones (excluding diaryl/α,β-unsaturated/α-hetero) is 5. The number of fused-ring (bicyclic) bond motifs is 27. The van der Waals surface area contributed by atoms with E-state index in [9.17, 15) is 34.2 Å². The molecule has 6 aliphatic carbocycles. The number of phenols is 2. The molecular formula is C119H134N10O7. The smallest absolute Gasteiger partial charge is 0.163 e. The second-order valence-electron chi connectivity index (χ2n) is 39.8. The first-order valence-electron chi connectivity index (χ1n) is 50.0. The second-order valence-corrected chi connectivity index (χ2v) is 39.8. The van der Waals surface area contributed by atoms with Gasteiger partial charge in [0.25, 0.3) is 0 Å². The standard InChI is InChI=1S/C25H28N2O.2C24H26N2O.C24H28N2O.C22H26N2O3/c1-16-6-8-21-20(16)9-11-24-25(21)22-15-18(17(2)28)7-10-23(22)27(24)14-12-19-5-4-13-26(19)3;1-14(2)25-12-13-26-20-9-6-16-15(3)4-5-18(16)23(20)24-19-8-11-22(27)17(19)7-10-21(24)26;1-3-25-13-4-14-26-20-10-7-16-15(2)5-6-18(16)23(20)24-19-9-12-22(27)17(19)8-11-21(24)26;1-4-12-25-13-5-14-26-22-10-7-18(17(3)27)15-21(22)24-20-8-6-16(2)19(20)9-11-23(24)26;1-13(2)15-9-17-18-10-16(14(3)25)22(27)12-20(18)24(8-6-7-23(4)5)19(17)11-21(15)26/h7,9-11,15,19H,1,4-6,8,12-14H2,2-3H3;6-7,9-10,14,25H,3-5,8,11-13H2,1-2H3;7-8,10-11,25H,2-6,9,12-14H2,1H3;7,9-11,15,25H,2,4-6,8,12-14H2,1,3H3;9-12,26-27H,1,6-8H2,2-5H3. The van der Waals surface area contributed by atoms with E-state index in [4.69, 9.17) is 0 Å². The van der Waals surface area contributed by atoms with Crippen molar-refractivity contribution in [2.75, 3.05) is 67.0 Å². The number of hydrogen-bond donors (Lipinski definition) is 5. The zero-order valence-corrected chi connectivity index (χ0v) is 81.9. The van der Waals surface area contributed by atoms with Crippen molar-refractivity contribution in [2.45, 2.75) is 222 Å². The first kappa shape index (κ1) is 94.0. The lowest BCUT2D eigenvalue weighted by Crippen LogP contribution is -2.26. The number of allylic oxidation sites excluding steroid dienone is 5. The summed E-state index contributed by atoms with van der Waals surface area (Å²) in [7, 11) is 6.31. The molecule has 15 aromatic rings. The number of likely N-dealkylation sites (tertiary alicyclic amines) is 1. The maximum absolute atomic E-state index is 12.4. The third-order valence-corrected chi connectivity index (χ3v) is 30.3. The molecule has 17 nitrogen and oxygen atoms in total. The van der Waals surface area contributed by atoms with Crippen LogP contribution >= 0.6 is 0 Å². The number of carbonyl (C=O) groups is 5. The van der Waals surface area contributed by atoms with E-state index in [1.54, 1.807) is 32.0 Å². The van der Waals surface area contributed by atoms with Gasteiger partial charge in [-0.05, 0) is 378 Å². The molecule has 6 heterocycles. The highest BCUT2D eigenvalue weighted by Crippen LogP contribution is 2.49. The minimum atomic E-state index is -0.179. The van der Waals surface area contributed by atoms with E-state index in [-0.39, 0.29) is 28.8 Å². The molecule has 10 aromatic carbocycles. The van der Waals surface area contributed by atoms with E-state index < -0.39 is 0 Å². The van der Waals surface area contributed by atoms with Crippen LogP contribution in [0.15, 0.2) is 166 Å². The minimum absolute atomic E-state index is 0.0176. The van der Waals surface area contributed by atoms with E-state index in [1.165, 1.54) is 204 Å². The fourth-order valence-corrected chi connectivity index (χ4v) is 23.4. The molecule has 0 spiro atoms. The van der Waals surface area contributed by atoms with Gasteiger partial charge in [-0.25, -0.2) is 0 Å². The summed E-state index contributed by atoms with van der Waals surface area (Å²) in [4.78, 5) is 65.2. The van der Waals surface area contributed by atoms with E-state index >= 15 is 0 Å². The molecule has 1 saturated heterocycles. The van der Waals surface area contributed by atoms with Gasteiger partial charge in [-0.15, -0.1) is 0 Å². The largest absolute Gasteiger partial charge is 0.507 e. The predicted octanol–water partition coefficient (Wildman–Crippen LogP) is 24.9. The number of aromatic nitrogens is 5. The Morgan fingerprint density at radius 1 is 0.412 bits per heavy atom. The van der Waals surface area contributed by atoms with Crippen molar-refractivity contribution in [2.24, 2.45) is 0 Å². The average molecular weight is 1820 g/mol. The van der Waals surface area contributed by atoms with Gasteiger partial charge >= 0.3 is 0 Å². The van der Waals surface area contributed by atoms with Crippen molar-refractivity contribution in [3.05, 3.63) is 255 Å². The molecule has 0 amide bonds. The number of hydrogen-bond acceptors (Lipinski definition) is 12. The third kappa shape index (κ3) is 17.5. The Balaban J connectivity index is 0.000000113. The first-order valence-corrected chi connectivity index (χ1v) is 50.0. The van der Waals surface area contributed by atoms with E-state index in [1.807, 2.05) is 39.2 Å². The molecule has 22 rings (SSSR count). The number of rotatable bonds is 26. The van der Waals surface area contributed by atoms with Gasteiger partial charge in [-0.3, -0.25) is 24.0 Å². The van der Waals surface area contributed by atoms with Gasteiger partial charge in [-0.1, -0.05) is 84.9 Å². The molecule has 1 aliphatic heterocycles. The summed E-state index contributed by atoms with van der Waals surface area (Å²) in [5.74, 6) is 0.842. The topological polar surface area (TPSA) is 193 Å². The Morgan fingerprint density at radius 2 is 0.787 bits per heavy atom. The van der Waals surface area contributed by atoms with Crippen LogP contribution in [0.4, 0.5) is 0 Å². The van der Waals surface area contributed by atoms with Gasteiger partial charge < -0.3 is 58.8 Å². The SMILES string of the molecule is C=C(C)c1cc2c3cc(C(C)=O)c(O)cc3n(CCCN(C)C)c2cc1O.C=C1CCc2c1ccc1c2c2c3c(ccc2n1CCCNCC)C(=O)CC3.C=C1CCc2c1ccc1c2c2c3c(ccc2n1CCNC(C)C)C(=O)CC3.C=C1CCc2c1ccc1c2c2cc(C(C)=O)ccc2n1CCC1CCCN1C.C=C1CCc2c1ccc1c2c2cc(C(C)=O)ccc2n1CCCNCCC. The summed E-state index contributed by atoms with van der Waals surface area (Å²) in [5, 5.41) is 43.6. The zero-order chi connectivity index (χ0) is 95.5. The second kappa shape index (κ2) is 39.4. The highest BCUT2D eigenvalue weighted by molar-refractivity contribution is 6.21. The number of benzene rings is 10. The Hall–Kier alpha value is -12.4. The molecule has 5 aromatic heterocycles. The van der Waals surface area contributed by atoms with Gasteiger partial charge in [0.1, 0.15) is 11.5 Å². The highest BCUT2D eigenvalue weighted by Gasteiger charge is 2.33. The van der Waals surface area contributed by atoms with Gasteiger partial charge in [0.15, 0.2) is 28.9 Å². The predicted molar refractivity (Wildman–Crippen MR) is 568 cm³/mol. The van der Waals surface area contributed by atoms with Gasteiger partial charge in [0.2, 0.25) is 0 Å². The summed E-state index contributed by atoms with van der Waals surface area (Å²) in [6.45, 7) is 48.2. The van der Waals surface area contributed by atoms with Crippen LogP contribution in [0, 0.1) is 0 Å². The molecule has 136 heavy (non-hydrogen) atoms. The molecule has 17 heteroatoms. The monoisotopic (exact) mass is 1820 g/mol. The molecule has 0 saturated carbocycles. The van der Waals surface area contributed by atoms with E-state index in [0.717, 1.165) is 205 Å². The van der Waals surface area contributed by atoms with Crippen LogP contribution in [0.5, 0.6) is 11.5 Å². The zero-order valence-electron chi connectivity index (χ0n) is 81.9. The normalized spacial score (nSPS) is 15.4. The lowest BCUT2D eigenvalue weighted by molar-refractivity contribution is 0.0986. The summed E-state index contributed by atoms with van der Waals surface area (Å²) in [6.07, 6.45) is 19.5. The molecule has 0 bridgehead atoms. The Bertz CT molecular complexity index is 7240. The van der Waals surface area contributed by atoms with Gasteiger partial charge in [0.05, 0.1) is 16.6 Å². The quantitative estimate of drug-likeness (QED) is 0.0255. The maximum Gasteiger partial charge on any atom is 0.163 e. The number of nitrogens with one attached hydrogen (secondary N) is 3.